The van der Waals surface area contributed by atoms with Crippen LogP contribution in [0.25, 0.3) is 11.1 Å². The number of aliphatic hydroxyl groups excluding tert-OH is 1. The largest absolute Gasteiger partial charge is 0.573 e. The van der Waals surface area contributed by atoms with Gasteiger partial charge in [0.05, 0.1) is 6.61 Å². The van der Waals surface area contributed by atoms with Gasteiger partial charge in [0.25, 0.3) is 0 Å². The van der Waals surface area contributed by atoms with E-state index in [1.165, 1.54) is 12.1 Å². The first-order valence-electron chi connectivity index (χ1n) is 8.21. The van der Waals surface area contributed by atoms with Crippen molar-refractivity contribution in [3.63, 3.8) is 0 Å². The first-order valence-corrected chi connectivity index (χ1v) is 8.21. The number of hydrogen-bond acceptors (Lipinski definition) is 3. The number of alkyl halides is 3. The van der Waals surface area contributed by atoms with Gasteiger partial charge in [-0.2, -0.15) is 0 Å². The SMILES string of the molecule is OCc1ccc(-c2ccc(OCc3ccccc3)cc2)cc1OC(F)(F)F. The van der Waals surface area contributed by atoms with E-state index in [1.807, 2.05) is 30.3 Å². The van der Waals surface area contributed by atoms with Gasteiger partial charge in [-0.05, 0) is 34.9 Å². The molecule has 0 amide bonds. The predicted octanol–water partition coefficient (Wildman–Crippen LogP) is 5.32. The number of rotatable bonds is 6. The molecule has 0 aliphatic rings. The summed E-state index contributed by atoms with van der Waals surface area (Å²) in [4.78, 5) is 0. The molecule has 6 heteroatoms. The monoisotopic (exact) mass is 374 g/mol. The van der Waals surface area contributed by atoms with E-state index in [2.05, 4.69) is 4.74 Å². The lowest BCUT2D eigenvalue weighted by Gasteiger charge is -2.14. The van der Waals surface area contributed by atoms with Crippen LogP contribution >= 0.6 is 0 Å². The van der Waals surface area contributed by atoms with Crippen LogP contribution in [0.5, 0.6) is 11.5 Å². The molecule has 0 atom stereocenters. The summed E-state index contributed by atoms with van der Waals surface area (Å²) < 4.78 is 47.4. The van der Waals surface area contributed by atoms with Gasteiger partial charge < -0.3 is 14.6 Å². The van der Waals surface area contributed by atoms with Crippen molar-refractivity contribution < 1.29 is 27.8 Å². The maximum Gasteiger partial charge on any atom is 0.573 e. The molecule has 0 saturated heterocycles. The minimum Gasteiger partial charge on any atom is -0.489 e. The van der Waals surface area contributed by atoms with Gasteiger partial charge in [0.15, 0.2) is 0 Å². The quantitative estimate of drug-likeness (QED) is 0.634. The van der Waals surface area contributed by atoms with E-state index in [0.29, 0.717) is 23.5 Å². The fourth-order valence-electron chi connectivity index (χ4n) is 2.57. The van der Waals surface area contributed by atoms with Crippen LogP contribution in [-0.4, -0.2) is 11.5 Å². The van der Waals surface area contributed by atoms with Crippen LogP contribution in [0.3, 0.4) is 0 Å². The molecule has 0 spiro atoms. The second kappa shape index (κ2) is 8.14. The molecule has 0 unspecified atom stereocenters. The second-order valence-electron chi connectivity index (χ2n) is 5.83. The number of halogens is 3. The van der Waals surface area contributed by atoms with E-state index < -0.39 is 18.7 Å². The Hall–Kier alpha value is -2.99. The third-order valence-electron chi connectivity index (χ3n) is 3.90. The van der Waals surface area contributed by atoms with E-state index in [4.69, 9.17) is 4.74 Å². The molecule has 0 aliphatic carbocycles. The molecule has 0 heterocycles. The first-order chi connectivity index (χ1) is 12.9. The van der Waals surface area contributed by atoms with Gasteiger partial charge in [0.2, 0.25) is 0 Å². The van der Waals surface area contributed by atoms with Crippen molar-refractivity contribution in [2.75, 3.05) is 0 Å². The molecule has 3 rings (SSSR count). The third kappa shape index (κ3) is 5.24. The van der Waals surface area contributed by atoms with Crippen LogP contribution in [0.4, 0.5) is 13.2 Å². The smallest absolute Gasteiger partial charge is 0.489 e. The Morgan fingerprint density at radius 1 is 0.815 bits per heavy atom. The number of benzene rings is 3. The summed E-state index contributed by atoms with van der Waals surface area (Å²) >= 11 is 0. The fraction of sp³-hybridized carbons (Fsp3) is 0.143. The summed E-state index contributed by atoms with van der Waals surface area (Å²) in [7, 11) is 0. The van der Waals surface area contributed by atoms with Crippen molar-refractivity contribution in [2.45, 2.75) is 19.6 Å². The Kier molecular flexibility index (Phi) is 5.66. The van der Waals surface area contributed by atoms with E-state index >= 15 is 0 Å². The lowest BCUT2D eigenvalue weighted by atomic mass is 10.0. The maximum absolute atomic E-state index is 12.5. The highest BCUT2D eigenvalue weighted by molar-refractivity contribution is 5.66. The average Bonchev–Trinajstić information content (AvgIpc) is 2.66. The zero-order valence-corrected chi connectivity index (χ0v) is 14.2. The van der Waals surface area contributed by atoms with Crippen molar-refractivity contribution >= 4 is 0 Å². The van der Waals surface area contributed by atoms with Crippen LogP contribution in [0, 0.1) is 0 Å². The van der Waals surface area contributed by atoms with Crippen molar-refractivity contribution in [3.8, 4) is 22.6 Å². The Bertz CT molecular complexity index is 875. The third-order valence-corrected chi connectivity index (χ3v) is 3.90. The molecule has 3 nitrogen and oxygen atoms in total. The minimum atomic E-state index is -4.82. The Morgan fingerprint density at radius 2 is 1.48 bits per heavy atom. The molecule has 0 bridgehead atoms. The van der Waals surface area contributed by atoms with Crippen LogP contribution in [0.15, 0.2) is 72.8 Å². The van der Waals surface area contributed by atoms with Crippen LogP contribution in [0.1, 0.15) is 11.1 Å². The van der Waals surface area contributed by atoms with E-state index in [-0.39, 0.29) is 5.56 Å². The highest BCUT2D eigenvalue weighted by Crippen LogP contribution is 2.32. The van der Waals surface area contributed by atoms with Crippen molar-refractivity contribution in [3.05, 3.63) is 83.9 Å². The van der Waals surface area contributed by atoms with Gasteiger partial charge in [-0.3, -0.25) is 0 Å². The van der Waals surface area contributed by atoms with Crippen LogP contribution in [-0.2, 0) is 13.2 Å². The standard InChI is InChI=1S/C21H17F3O3/c22-21(23,24)27-20-12-17(6-7-18(20)13-25)16-8-10-19(11-9-16)26-14-15-4-2-1-3-5-15/h1-12,25H,13-14H2. The first kappa shape index (κ1) is 18.8. The molecule has 0 aliphatic heterocycles. The number of ether oxygens (including phenoxy) is 2. The van der Waals surface area contributed by atoms with Crippen molar-refractivity contribution in [1.29, 1.82) is 0 Å². The summed E-state index contributed by atoms with van der Waals surface area (Å²) in [6.45, 7) is -0.118. The summed E-state index contributed by atoms with van der Waals surface area (Å²) in [6, 6.07) is 21.0. The molecular weight excluding hydrogens is 357 g/mol. The second-order valence-corrected chi connectivity index (χ2v) is 5.83. The van der Waals surface area contributed by atoms with E-state index in [9.17, 15) is 18.3 Å². The van der Waals surface area contributed by atoms with Gasteiger partial charge in [-0.15, -0.1) is 13.2 Å². The van der Waals surface area contributed by atoms with Crippen LogP contribution in [0.2, 0.25) is 0 Å². The highest BCUT2D eigenvalue weighted by Gasteiger charge is 2.32. The Morgan fingerprint density at radius 3 is 2.11 bits per heavy atom. The Labute approximate surface area is 154 Å². The van der Waals surface area contributed by atoms with E-state index in [0.717, 1.165) is 5.56 Å². The van der Waals surface area contributed by atoms with Gasteiger partial charge in [-0.1, -0.05) is 54.6 Å². The maximum atomic E-state index is 12.5. The molecule has 27 heavy (non-hydrogen) atoms. The molecule has 0 aromatic heterocycles. The zero-order chi connectivity index (χ0) is 19.3. The highest BCUT2D eigenvalue weighted by atomic mass is 19.4. The molecule has 0 radical (unpaired) electrons. The van der Waals surface area contributed by atoms with Gasteiger partial charge in [-0.25, -0.2) is 0 Å². The van der Waals surface area contributed by atoms with Crippen LogP contribution < -0.4 is 9.47 Å². The van der Waals surface area contributed by atoms with Gasteiger partial charge >= 0.3 is 6.36 Å². The molecule has 0 saturated carbocycles. The molecule has 3 aromatic rings. The van der Waals surface area contributed by atoms with E-state index in [1.54, 1.807) is 30.3 Å². The fourth-order valence-corrected chi connectivity index (χ4v) is 2.57. The summed E-state index contributed by atoms with van der Waals surface area (Å²) in [5.74, 6) is 0.244. The lowest BCUT2D eigenvalue weighted by molar-refractivity contribution is -0.275. The Balaban J connectivity index is 1.75. The summed E-state index contributed by atoms with van der Waals surface area (Å²) in [6.07, 6.45) is -4.82. The molecule has 3 aromatic carbocycles. The van der Waals surface area contributed by atoms with Crippen molar-refractivity contribution in [2.24, 2.45) is 0 Å². The summed E-state index contributed by atoms with van der Waals surface area (Å²) in [5.41, 5.74) is 2.36. The molecule has 0 fully saturated rings. The average molecular weight is 374 g/mol. The summed E-state index contributed by atoms with van der Waals surface area (Å²) in [5, 5.41) is 9.20. The molecule has 140 valence electrons. The molecule has 1 N–H and O–H groups in total. The van der Waals surface area contributed by atoms with Crippen molar-refractivity contribution in [1.82, 2.24) is 0 Å². The normalized spacial score (nSPS) is 11.3. The lowest BCUT2D eigenvalue weighted by Crippen LogP contribution is -2.18. The zero-order valence-electron chi connectivity index (χ0n) is 14.2. The predicted molar refractivity (Wildman–Crippen MR) is 95.3 cm³/mol. The molecular formula is C21H17F3O3. The minimum absolute atomic E-state index is 0.0684. The van der Waals surface area contributed by atoms with Gasteiger partial charge in [0, 0.05) is 5.56 Å². The topological polar surface area (TPSA) is 38.7 Å². The number of hydrogen-bond donors (Lipinski definition) is 1. The van der Waals surface area contributed by atoms with Gasteiger partial charge in [0.1, 0.15) is 18.1 Å². The number of aliphatic hydroxyl groups is 1.